The Morgan fingerprint density at radius 1 is 1.25 bits per heavy atom. The van der Waals surface area contributed by atoms with Gasteiger partial charge in [-0.3, -0.25) is 0 Å². The van der Waals surface area contributed by atoms with E-state index in [1.54, 1.807) is 11.3 Å². The molecule has 0 bridgehead atoms. The lowest BCUT2D eigenvalue weighted by Gasteiger charge is -2.15. The molecule has 2 aromatic heterocycles. The van der Waals surface area contributed by atoms with E-state index >= 15 is 0 Å². The second-order valence-electron chi connectivity index (χ2n) is 3.99. The van der Waals surface area contributed by atoms with Crippen LogP contribution in [0, 0.1) is 20.8 Å². The van der Waals surface area contributed by atoms with E-state index in [-0.39, 0.29) is 6.04 Å². The van der Waals surface area contributed by atoms with Gasteiger partial charge in [-0.1, -0.05) is 6.07 Å². The largest absolute Gasteiger partial charge is 0.466 e. The van der Waals surface area contributed by atoms with Gasteiger partial charge in [0, 0.05) is 10.4 Å². The summed E-state index contributed by atoms with van der Waals surface area (Å²) in [5.41, 5.74) is 2.53. The lowest BCUT2D eigenvalue weighted by molar-refractivity contribution is 0.496. The molecule has 0 saturated carbocycles. The Bertz CT molecular complexity index is 470. The molecule has 1 atom stereocenters. The summed E-state index contributed by atoms with van der Waals surface area (Å²) in [6.45, 7) is 6.18. The van der Waals surface area contributed by atoms with E-state index in [4.69, 9.17) is 4.42 Å². The van der Waals surface area contributed by atoms with Crippen molar-refractivity contribution >= 4 is 11.3 Å². The summed E-state index contributed by atoms with van der Waals surface area (Å²) in [5, 5.41) is 5.47. The van der Waals surface area contributed by atoms with Gasteiger partial charge in [0.2, 0.25) is 0 Å². The number of rotatable bonds is 3. The van der Waals surface area contributed by atoms with Crippen LogP contribution in [-0.4, -0.2) is 7.05 Å². The fourth-order valence-electron chi connectivity index (χ4n) is 2.12. The summed E-state index contributed by atoms with van der Waals surface area (Å²) in [7, 11) is 1.99. The van der Waals surface area contributed by atoms with Crippen LogP contribution in [0.1, 0.15) is 33.6 Å². The molecule has 3 heteroatoms. The summed E-state index contributed by atoms with van der Waals surface area (Å²) in [6.07, 6.45) is 0. The molecule has 1 N–H and O–H groups in total. The molecule has 0 aliphatic carbocycles. The first-order chi connectivity index (χ1) is 7.65. The van der Waals surface area contributed by atoms with Crippen LogP contribution in [0.25, 0.3) is 0 Å². The number of nitrogens with one attached hydrogen (secondary N) is 1. The molecule has 2 rings (SSSR count). The minimum atomic E-state index is 0.248. The maximum absolute atomic E-state index is 5.69. The third-order valence-corrected chi connectivity index (χ3v) is 3.96. The van der Waals surface area contributed by atoms with Crippen LogP contribution in [-0.2, 0) is 0 Å². The van der Waals surface area contributed by atoms with Crippen LogP contribution >= 0.6 is 11.3 Å². The summed E-state index contributed by atoms with van der Waals surface area (Å²) in [4.78, 5) is 1.33. The van der Waals surface area contributed by atoms with Crippen molar-refractivity contribution in [1.82, 2.24) is 5.32 Å². The predicted molar refractivity (Wildman–Crippen MR) is 68.1 cm³/mol. The van der Waals surface area contributed by atoms with Gasteiger partial charge in [0.15, 0.2) is 0 Å². The third kappa shape index (κ3) is 1.81. The Morgan fingerprint density at radius 2 is 2.00 bits per heavy atom. The maximum Gasteiger partial charge on any atom is 0.106 e. The number of hydrogen-bond acceptors (Lipinski definition) is 3. The summed E-state index contributed by atoms with van der Waals surface area (Å²) in [5.74, 6) is 2.03. The number of hydrogen-bond donors (Lipinski definition) is 1. The van der Waals surface area contributed by atoms with E-state index in [0.717, 1.165) is 11.5 Å². The molecule has 2 heterocycles. The molecule has 0 spiro atoms. The van der Waals surface area contributed by atoms with E-state index in [0.29, 0.717) is 0 Å². The van der Waals surface area contributed by atoms with Crippen molar-refractivity contribution in [3.63, 3.8) is 0 Å². The molecular weight excluding hydrogens is 218 g/mol. The molecule has 1 unspecified atom stereocenters. The van der Waals surface area contributed by atoms with E-state index in [2.05, 4.69) is 29.8 Å². The predicted octanol–water partition coefficient (Wildman–Crippen LogP) is 3.58. The smallest absolute Gasteiger partial charge is 0.106 e. The van der Waals surface area contributed by atoms with Crippen LogP contribution in [0.2, 0.25) is 0 Å². The van der Waals surface area contributed by atoms with Gasteiger partial charge in [-0.25, -0.2) is 0 Å². The van der Waals surface area contributed by atoms with Crippen molar-refractivity contribution in [1.29, 1.82) is 0 Å². The van der Waals surface area contributed by atoms with Crippen molar-refractivity contribution in [3.05, 3.63) is 45.0 Å². The first-order valence-corrected chi connectivity index (χ1v) is 6.30. The second-order valence-corrected chi connectivity index (χ2v) is 4.97. The maximum atomic E-state index is 5.69. The Labute approximate surface area is 100 Å². The highest BCUT2D eigenvalue weighted by Gasteiger charge is 2.21. The monoisotopic (exact) mass is 235 g/mol. The van der Waals surface area contributed by atoms with Gasteiger partial charge in [-0.2, -0.15) is 0 Å². The Hall–Kier alpha value is -1.06. The van der Waals surface area contributed by atoms with Gasteiger partial charge in [0.05, 0.1) is 6.04 Å². The Morgan fingerprint density at radius 3 is 2.44 bits per heavy atom. The molecular formula is C13H17NOS. The van der Waals surface area contributed by atoms with Gasteiger partial charge in [-0.15, -0.1) is 11.3 Å². The van der Waals surface area contributed by atoms with Crippen LogP contribution in [0.15, 0.2) is 21.9 Å². The van der Waals surface area contributed by atoms with Gasteiger partial charge in [0.1, 0.15) is 11.5 Å². The fourth-order valence-corrected chi connectivity index (χ4v) is 2.96. The summed E-state index contributed by atoms with van der Waals surface area (Å²) >= 11 is 1.77. The van der Waals surface area contributed by atoms with E-state index in [9.17, 15) is 0 Å². The molecule has 0 aliphatic rings. The fraction of sp³-hybridized carbons (Fsp3) is 0.385. The molecule has 2 nitrogen and oxygen atoms in total. The zero-order valence-electron chi connectivity index (χ0n) is 10.1. The first-order valence-electron chi connectivity index (χ1n) is 5.42. The average Bonchev–Trinajstić information content (AvgIpc) is 2.84. The SMILES string of the molecule is CNC(c1cccs1)c1c(C)oc(C)c1C. The first kappa shape index (κ1) is 11.4. The van der Waals surface area contributed by atoms with Gasteiger partial charge in [-0.05, 0) is 44.8 Å². The van der Waals surface area contributed by atoms with Crippen molar-refractivity contribution < 1.29 is 4.42 Å². The highest BCUT2D eigenvalue weighted by molar-refractivity contribution is 7.10. The van der Waals surface area contributed by atoms with E-state index in [1.165, 1.54) is 16.0 Å². The van der Waals surface area contributed by atoms with Crippen molar-refractivity contribution in [3.8, 4) is 0 Å². The average molecular weight is 235 g/mol. The van der Waals surface area contributed by atoms with Crippen LogP contribution in [0.4, 0.5) is 0 Å². The quantitative estimate of drug-likeness (QED) is 0.879. The van der Waals surface area contributed by atoms with Gasteiger partial charge >= 0.3 is 0 Å². The van der Waals surface area contributed by atoms with Crippen molar-refractivity contribution in [2.75, 3.05) is 7.05 Å². The number of thiophene rings is 1. The van der Waals surface area contributed by atoms with Crippen LogP contribution < -0.4 is 5.32 Å². The molecule has 0 aromatic carbocycles. The minimum absolute atomic E-state index is 0.248. The summed E-state index contributed by atoms with van der Waals surface area (Å²) < 4.78 is 5.69. The molecule has 0 amide bonds. The molecule has 0 aliphatic heterocycles. The van der Waals surface area contributed by atoms with E-state index < -0.39 is 0 Å². The van der Waals surface area contributed by atoms with E-state index in [1.807, 2.05) is 20.9 Å². The lowest BCUT2D eigenvalue weighted by atomic mass is 10.0. The van der Waals surface area contributed by atoms with Crippen molar-refractivity contribution in [2.45, 2.75) is 26.8 Å². The number of furan rings is 1. The molecule has 86 valence electrons. The normalized spacial score (nSPS) is 13.0. The highest BCUT2D eigenvalue weighted by Crippen LogP contribution is 2.33. The Balaban J connectivity index is 2.49. The lowest BCUT2D eigenvalue weighted by Crippen LogP contribution is -2.17. The van der Waals surface area contributed by atoms with Gasteiger partial charge in [0.25, 0.3) is 0 Å². The standard InChI is InChI=1S/C13H17NOS/c1-8-9(2)15-10(3)12(8)13(14-4)11-6-5-7-16-11/h5-7,13-14H,1-4H3. The van der Waals surface area contributed by atoms with Crippen LogP contribution in [0.3, 0.4) is 0 Å². The zero-order valence-corrected chi connectivity index (χ0v) is 10.9. The minimum Gasteiger partial charge on any atom is -0.466 e. The van der Waals surface area contributed by atoms with Gasteiger partial charge < -0.3 is 9.73 Å². The second kappa shape index (κ2) is 4.44. The third-order valence-electron chi connectivity index (χ3n) is 3.02. The molecule has 2 aromatic rings. The summed E-state index contributed by atoms with van der Waals surface area (Å²) in [6, 6.07) is 4.49. The zero-order chi connectivity index (χ0) is 11.7. The molecule has 16 heavy (non-hydrogen) atoms. The molecule has 0 fully saturated rings. The Kier molecular flexibility index (Phi) is 3.17. The molecule has 0 radical (unpaired) electrons. The topological polar surface area (TPSA) is 25.2 Å². The number of aryl methyl sites for hydroxylation is 2. The highest BCUT2D eigenvalue weighted by atomic mass is 32.1. The molecule has 0 saturated heterocycles. The van der Waals surface area contributed by atoms with Crippen molar-refractivity contribution in [2.24, 2.45) is 0 Å². The van der Waals surface area contributed by atoms with Crippen LogP contribution in [0.5, 0.6) is 0 Å².